The lowest BCUT2D eigenvalue weighted by Crippen LogP contribution is -3.00. The zero-order valence-corrected chi connectivity index (χ0v) is 17.1. The summed E-state index contributed by atoms with van der Waals surface area (Å²) in [6.45, 7) is 0. The number of hydrogen-bond donors (Lipinski definition) is 0. The molecular weight excluding hydrogens is 380 g/mol. The molecule has 1 aromatic heterocycles. The van der Waals surface area contributed by atoms with Crippen molar-refractivity contribution >= 4 is 18.0 Å². The van der Waals surface area contributed by atoms with Crippen molar-refractivity contribution in [3.63, 3.8) is 0 Å². The van der Waals surface area contributed by atoms with Crippen molar-refractivity contribution < 1.29 is 31.3 Å². The molecule has 1 atom stereocenters. The maximum Gasteiger partial charge on any atom is 0.497 e. The van der Waals surface area contributed by atoms with Gasteiger partial charge in [-0.2, -0.15) is 9.36 Å². The van der Waals surface area contributed by atoms with E-state index < -0.39 is 6.09 Å². The Balaban J connectivity index is 0.00000280. The van der Waals surface area contributed by atoms with E-state index in [0.29, 0.717) is 12.3 Å². The van der Waals surface area contributed by atoms with E-state index in [1.54, 1.807) is 40.6 Å². The van der Waals surface area contributed by atoms with Crippen molar-refractivity contribution in [2.24, 2.45) is 4.99 Å². The molecule has 0 bridgehead atoms. The molecule has 0 aliphatic carbocycles. The van der Waals surface area contributed by atoms with Crippen LogP contribution in [0.1, 0.15) is 22.7 Å². The average Bonchev–Trinajstić information content (AvgIpc) is 2.66. The highest BCUT2D eigenvalue weighted by Crippen LogP contribution is 2.32. The summed E-state index contributed by atoms with van der Waals surface area (Å²) >= 11 is 0. The Bertz CT molecular complexity index is 895. The molecule has 1 aliphatic rings. The van der Waals surface area contributed by atoms with Gasteiger partial charge in [0.05, 0.1) is 26.5 Å². The van der Waals surface area contributed by atoms with Crippen molar-refractivity contribution in [1.29, 1.82) is 0 Å². The first kappa shape index (κ1) is 21.4. The molecule has 0 N–H and O–H groups in total. The van der Waals surface area contributed by atoms with Crippen molar-refractivity contribution in [1.82, 2.24) is 9.80 Å². The summed E-state index contributed by atoms with van der Waals surface area (Å²) in [5.74, 6) is 0.387. The molecule has 1 aromatic carbocycles. The van der Waals surface area contributed by atoms with Crippen molar-refractivity contribution in [3.8, 4) is 0 Å². The van der Waals surface area contributed by atoms with Gasteiger partial charge >= 0.3 is 12.1 Å². The average molecular weight is 403 g/mol. The van der Waals surface area contributed by atoms with Crippen LogP contribution >= 0.6 is 0 Å². The van der Waals surface area contributed by atoms with Gasteiger partial charge in [-0.15, -0.1) is 0 Å². The quantitative estimate of drug-likeness (QED) is 0.590. The number of nitrogens with zero attached hydrogens (tertiary/aromatic N) is 4. The SMILES string of the molecule is CN(C)C(=O)OC1=NC(c2cc[n+](C(=O)N(C)C)cc2)c2ccccc2C1.[Cl-]. The molecule has 1 aliphatic heterocycles. The van der Waals surface area contributed by atoms with Gasteiger partial charge in [0.2, 0.25) is 5.90 Å². The molecule has 1 unspecified atom stereocenters. The lowest BCUT2D eigenvalue weighted by atomic mass is 9.91. The number of rotatable bonds is 1. The Morgan fingerprint density at radius 3 is 2.29 bits per heavy atom. The Morgan fingerprint density at radius 2 is 1.68 bits per heavy atom. The molecule has 28 heavy (non-hydrogen) atoms. The summed E-state index contributed by atoms with van der Waals surface area (Å²) < 4.78 is 6.93. The first-order chi connectivity index (χ1) is 12.9. The predicted octanol–water partition coefficient (Wildman–Crippen LogP) is -0.750. The van der Waals surface area contributed by atoms with Gasteiger partial charge in [-0.25, -0.2) is 14.7 Å². The van der Waals surface area contributed by atoms with Crippen LogP contribution in [0, 0.1) is 0 Å². The third-order valence-electron chi connectivity index (χ3n) is 4.31. The van der Waals surface area contributed by atoms with Crippen molar-refractivity contribution in [2.45, 2.75) is 12.5 Å². The minimum atomic E-state index is -0.450. The number of carbonyl (C=O) groups is 2. The van der Waals surface area contributed by atoms with Crippen molar-refractivity contribution in [3.05, 3.63) is 65.5 Å². The zero-order valence-electron chi connectivity index (χ0n) is 16.3. The maximum atomic E-state index is 12.1. The van der Waals surface area contributed by atoms with Gasteiger partial charge < -0.3 is 22.0 Å². The second-order valence-corrected chi connectivity index (χ2v) is 6.78. The number of halogens is 1. The Kier molecular flexibility index (Phi) is 6.75. The van der Waals surface area contributed by atoms with E-state index in [9.17, 15) is 9.59 Å². The maximum absolute atomic E-state index is 12.1. The lowest BCUT2D eigenvalue weighted by molar-refractivity contribution is -0.577. The molecule has 2 heterocycles. The molecule has 2 amide bonds. The molecule has 0 saturated heterocycles. The van der Waals surface area contributed by atoms with Crippen LogP contribution < -0.4 is 17.0 Å². The molecule has 2 aromatic rings. The van der Waals surface area contributed by atoms with Gasteiger partial charge in [0.1, 0.15) is 6.04 Å². The largest absolute Gasteiger partial charge is 1.00 e. The van der Waals surface area contributed by atoms with Gasteiger partial charge in [0, 0.05) is 20.5 Å². The third kappa shape index (κ3) is 4.48. The summed E-state index contributed by atoms with van der Waals surface area (Å²) in [5, 5.41) is 0. The van der Waals surface area contributed by atoms with Crippen LogP contribution in [-0.2, 0) is 11.2 Å². The van der Waals surface area contributed by atoms with Crippen LogP contribution in [0.15, 0.2) is 53.8 Å². The Morgan fingerprint density at radius 1 is 1.04 bits per heavy atom. The predicted molar refractivity (Wildman–Crippen MR) is 101 cm³/mol. The van der Waals surface area contributed by atoms with E-state index in [4.69, 9.17) is 4.74 Å². The fourth-order valence-electron chi connectivity index (χ4n) is 2.87. The molecule has 0 saturated carbocycles. The normalized spacial score (nSPS) is 14.9. The van der Waals surface area contributed by atoms with Gasteiger partial charge in [0.25, 0.3) is 0 Å². The lowest BCUT2D eigenvalue weighted by Gasteiger charge is -2.24. The molecule has 148 valence electrons. The molecular formula is C20H23ClN4O3. The summed E-state index contributed by atoms with van der Waals surface area (Å²) in [4.78, 5) is 31.5. The topological polar surface area (TPSA) is 66.1 Å². The highest BCUT2D eigenvalue weighted by atomic mass is 35.5. The summed E-state index contributed by atoms with van der Waals surface area (Å²) in [6, 6.07) is 11.3. The number of ether oxygens (including phenoxy) is 1. The van der Waals surface area contributed by atoms with Crippen LogP contribution in [0.3, 0.4) is 0 Å². The standard InChI is InChI=1S/C20H23N4O3.ClH/c1-22(2)19(25)24-11-9-14(10-12-24)18-16-8-6-5-7-15(16)13-17(21-18)27-20(26)23(3)4;/h5-12,18H,13H2,1-4H3;1H/q+1;/p-1. The summed E-state index contributed by atoms with van der Waals surface area (Å²) in [7, 11) is 6.68. The molecule has 8 heteroatoms. The number of carbonyl (C=O) groups excluding carboxylic acids is 2. The third-order valence-corrected chi connectivity index (χ3v) is 4.31. The van der Waals surface area contributed by atoms with E-state index in [1.165, 1.54) is 14.4 Å². The van der Waals surface area contributed by atoms with E-state index >= 15 is 0 Å². The number of amides is 2. The van der Waals surface area contributed by atoms with Gasteiger partial charge in [-0.05, 0) is 28.8 Å². The second-order valence-electron chi connectivity index (χ2n) is 6.78. The minimum Gasteiger partial charge on any atom is -1.00 e. The first-order valence-electron chi connectivity index (χ1n) is 8.63. The molecule has 0 radical (unpaired) electrons. The monoisotopic (exact) mass is 402 g/mol. The smallest absolute Gasteiger partial charge is 0.497 e. The van der Waals surface area contributed by atoms with E-state index in [1.807, 2.05) is 36.4 Å². The fourth-order valence-corrected chi connectivity index (χ4v) is 2.87. The number of benzene rings is 1. The van der Waals surface area contributed by atoms with Gasteiger partial charge in [-0.1, -0.05) is 24.3 Å². The number of fused-ring (bicyclic) bond motifs is 1. The molecule has 7 nitrogen and oxygen atoms in total. The van der Waals surface area contributed by atoms with Crippen LogP contribution in [-0.4, -0.2) is 56.0 Å². The van der Waals surface area contributed by atoms with E-state index in [-0.39, 0.29) is 24.5 Å². The van der Waals surface area contributed by atoms with E-state index in [2.05, 4.69) is 4.99 Å². The first-order valence-corrected chi connectivity index (χ1v) is 8.63. The van der Waals surface area contributed by atoms with Crippen LogP contribution in [0.2, 0.25) is 0 Å². The Labute approximate surface area is 170 Å². The van der Waals surface area contributed by atoms with Crippen molar-refractivity contribution in [2.75, 3.05) is 28.2 Å². The number of hydrogen-bond acceptors (Lipinski definition) is 4. The highest BCUT2D eigenvalue weighted by Gasteiger charge is 2.26. The van der Waals surface area contributed by atoms with Crippen LogP contribution in [0.5, 0.6) is 0 Å². The second kappa shape index (κ2) is 8.84. The Hall–Kier alpha value is -2.93. The number of aromatic nitrogens is 1. The highest BCUT2D eigenvalue weighted by molar-refractivity contribution is 5.90. The minimum absolute atomic E-state index is 0. The van der Waals surface area contributed by atoms with E-state index in [0.717, 1.165) is 16.7 Å². The number of pyridine rings is 1. The number of aliphatic imine (C=N–C) groups is 1. The zero-order chi connectivity index (χ0) is 19.6. The summed E-state index contributed by atoms with van der Waals surface area (Å²) in [5.41, 5.74) is 3.06. The van der Waals surface area contributed by atoms with Gasteiger partial charge in [0.15, 0.2) is 0 Å². The van der Waals surface area contributed by atoms with Crippen LogP contribution in [0.4, 0.5) is 9.59 Å². The molecule has 0 spiro atoms. The molecule has 0 fully saturated rings. The summed E-state index contributed by atoms with van der Waals surface area (Å²) in [6.07, 6.45) is 3.46. The van der Waals surface area contributed by atoms with Crippen LogP contribution in [0.25, 0.3) is 0 Å². The van der Waals surface area contributed by atoms with Gasteiger partial charge in [-0.3, -0.25) is 0 Å². The fraction of sp³-hybridized carbons (Fsp3) is 0.300. The molecule has 3 rings (SSSR count).